The number of nitrogens with one attached hydrogen (secondary N) is 1. The van der Waals surface area contributed by atoms with Crippen LogP contribution in [0.2, 0.25) is 0 Å². The van der Waals surface area contributed by atoms with Crippen molar-refractivity contribution in [1.82, 2.24) is 9.71 Å². The lowest BCUT2D eigenvalue weighted by Gasteiger charge is -2.30. The van der Waals surface area contributed by atoms with Crippen molar-refractivity contribution in [3.63, 3.8) is 0 Å². The molecule has 3 aromatic carbocycles. The molecule has 1 aromatic heterocycles. The normalized spacial score (nSPS) is 15.7. The van der Waals surface area contributed by atoms with Crippen LogP contribution in [0.3, 0.4) is 0 Å². The zero-order chi connectivity index (χ0) is 28.1. The van der Waals surface area contributed by atoms with Gasteiger partial charge in [0, 0.05) is 23.8 Å². The second kappa shape index (κ2) is 12.1. The van der Waals surface area contributed by atoms with E-state index in [0.717, 1.165) is 46.6 Å². The summed E-state index contributed by atoms with van der Waals surface area (Å²) in [6.45, 7) is 4.34. The maximum Gasteiger partial charge on any atom is 0.241 e. The van der Waals surface area contributed by atoms with E-state index < -0.39 is 10.0 Å². The molecule has 4 aromatic rings. The summed E-state index contributed by atoms with van der Waals surface area (Å²) in [4.78, 5) is 20.6. The molecule has 0 radical (unpaired) electrons. The van der Waals surface area contributed by atoms with Crippen molar-refractivity contribution in [3.8, 4) is 0 Å². The Kier molecular flexibility index (Phi) is 8.43. The Labute approximate surface area is 237 Å². The minimum Gasteiger partial charge on any atom is -0.306 e. The Balaban J connectivity index is 1.47. The van der Waals surface area contributed by atoms with Gasteiger partial charge < -0.3 is 4.90 Å². The number of hydrogen-bond donors (Lipinski definition) is 1. The monoisotopic (exact) mass is 553 g/mol. The Hall–Kier alpha value is -3.81. The number of aromatic nitrogens is 1. The van der Waals surface area contributed by atoms with E-state index in [0.29, 0.717) is 19.4 Å². The van der Waals surface area contributed by atoms with E-state index in [1.54, 1.807) is 35.2 Å². The third kappa shape index (κ3) is 6.49. The Bertz CT molecular complexity index is 1570. The molecule has 0 saturated heterocycles. The van der Waals surface area contributed by atoms with Gasteiger partial charge in [-0.3, -0.25) is 9.78 Å². The first-order valence-corrected chi connectivity index (χ1v) is 15.3. The molecule has 1 N–H and O–H groups in total. The number of pyridine rings is 1. The molecule has 0 bridgehead atoms. The number of sulfonamides is 1. The van der Waals surface area contributed by atoms with E-state index in [1.165, 1.54) is 0 Å². The lowest BCUT2D eigenvalue weighted by Crippen LogP contribution is -2.33. The lowest BCUT2D eigenvalue weighted by atomic mass is 9.87. The zero-order valence-electron chi connectivity index (χ0n) is 23.0. The Morgan fingerprint density at radius 3 is 2.42 bits per heavy atom. The molecule has 1 aliphatic carbocycles. The number of fused-ring (bicyclic) bond motifs is 1. The molecule has 1 amide bonds. The van der Waals surface area contributed by atoms with E-state index in [9.17, 15) is 13.2 Å². The third-order valence-corrected chi connectivity index (χ3v) is 9.01. The van der Waals surface area contributed by atoms with Gasteiger partial charge in [-0.25, -0.2) is 13.1 Å². The molecule has 7 heteroatoms. The van der Waals surface area contributed by atoms with E-state index in [1.807, 2.05) is 73.7 Å². The zero-order valence-corrected chi connectivity index (χ0v) is 23.8. The second-order valence-corrected chi connectivity index (χ2v) is 12.2. The van der Waals surface area contributed by atoms with Crippen molar-refractivity contribution >= 4 is 21.6 Å². The van der Waals surface area contributed by atoms with Gasteiger partial charge in [-0.2, -0.15) is 0 Å². The van der Waals surface area contributed by atoms with Gasteiger partial charge in [-0.15, -0.1) is 0 Å². The second-order valence-electron chi connectivity index (χ2n) is 10.5. The molecule has 0 aliphatic heterocycles. The summed E-state index contributed by atoms with van der Waals surface area (Å²) >= 11 is 0. The van der Waals surface area contributed by atoms with Crippen LogP contribution in [0, 0.1) is 6.92 Å². The first kappa shape index (κ1) is 27.7. The number of carbonyl (C=O) groups is 1. The maximum absolute atomic E-state index is 13.9. The number of hydrogen-bond acceptors (Lipinski definition) is 4. The van der Waals surface area contributed by atoms with Gasteiger partial charge >= 0.3 is 0 Å². The fourth-order valence-corrected chi connectivity index (χ4v) is 6.65. The van der Waals surface area contributed by atoms with Crippen molar-refractivity contribution in [1.29, 1.82) is 0 Å². The summed E-state index contributed by atoms with van der Waals surface area (Å²) in [7, 11) is -3.69. The van der Waals surface area contributed by atoms with Crippen LogP contribution in [0.4, 0.5) is 5.69 Å². The molecular weight excluding hydrogens is 518 g/mol. The van der Waals surface area contributed by atoms with Crippen molar-refractivity contribution < 1.29 is 13.2 Å². The quantitative estimate of drug-likeness (QED) is 0.258. The topological polar surface area (TPSA) is 79.4 Å². The highest BCUT2D eigenvalue weighted by atomic mass is 32.2. The summed E-state index contributed by atoms with van der Waals surface area (Å²) in [5.41, 5.74) is 5.59. The smallest absolute Gasteiger partial charge is 0.241 e. The molecule has 6 nitrogen and oxygen atoms in total. The predicted molar refractivity (Wildman–Crippen MR) is 159 cm³/mol. The fourth-order valence-electron chi connectivity index (χ4n) is 5.38. The van der Waals surface area contributed by atoms with Crippen molar-refractivity contribution in [2.75, 3.05) is 4.90 Å². The number of nitrogens with zero attached hydrogens (tertiary/aromatic N) is 2. The van der Waals surface area contributed by atoms with Crippen LogP contribution in [-0.4, -0.2) is 19.3 Å². The Morgan fingerprint density at radius 1 is 0.975 bits per heavy atom. The first-order chi connectivity index (χ1) is 19.3. The van der Waals surface area contributed by atoms with Crippen LogP contribution in [-0.2, 0) is 27.8 Å². The van der Waals surface area contributed by atoms with Crippen LogP contribution in [0.5, 0.6) is 0 Å². The van der Waals surface area contributed by atoms with Crippen LogP contribution in [0.15, 0.2) is 102 Å². The number of rotatable bonds is 9. The third-order valence-electron chi connectivity index (χ3n) is 7.52. The largest absolute Gasteiger partial charge is 0.306 e. The number of anilines is 1. The van der Waals surface area contributed by atoms with Gasteiger partial charge in [0.2, 0.25) is 15.9 Å². The fraction of sp³-hybridized carbons (Fsp3) is 0.273. The van der Waals surface area contributed by atoms with Gasteiger partial charge in [-0.1, -0.05) is 67.6 Å². The molecule has 40 heavy (non-hydrogen) atoms. The molecule has 2 unspecified atom stereocenters. The van der Waals surface area contributed by atoms with E-state index in [4.69, 9.17) is 0 Å². The highest BCUT2D eigenvalue weighted by Crippen LogP contribution is 2.35. The van der Waals surface area contributed by atoms with Crippen LogP contribution < -0.4 is 9.62 Å². The average molecular weight is 554 g/mol. The molecule has 2 atom stereocenters. The summed E-state index contributed by atoms with van der Waals surface area (Å²) < 4.78 is 29.3. The molecule has 1 aliphatic rings. The predicted octanol–water partition coefficient (Wildman–Crippen LogP) is 6.47. The van der Waals surface area contributed by atoms with Crippen LogP contribution in [0.1, 0.15) is 66.2 Å². The standard InChI is InChI=1S/C33H35N3O3S/c1-24(26-12-5-3-6-13-26)21-33(37)36(23-28-15-9-11-25(2)34-28)29-20-19-27-14-10-18-32(31(27)22-29)35-40(38,39)30-16-7-4-8-17-30/h3-9,11-13,15-17,19-20,22,24,32,35H,10,14,18,21,23H2,1-2H3. The van der Waals surface area contributed by atoms with Gasteiger partial charge in [0.15, 0.2) is 0 Å². The minimum atomic E-state index is -3.69. The van der Waals surface area contributed by atoms with Crippen molar-refractivity contribution in [2.24, 2.45) is 0 Å². The van der Waals surface area contributed by atoms with Crippen LogP contribution >= 0.6 is 0 Å². The molecule has 0 saturated carbocycles. The summed E-state index contributed by atoms with van der Waals surface area (Å²) in [6, 6.07) is 30.0. The highest BCUT2D eigenvalue weighted by molar-refractivity contribution is 7.89. The van der Waals surface area contributed by atoms with Crippen molar-refractivity contribution in [2.45, 2.75) is 62.9 Å². The lowest BCUT2D eigenvalue weighted by molar-refractivity contribution is -0.119. The number of aryl methyl sites for hydroxylation is 2. The van der Waals surface area contributed by atoms with E-state index in [2.05, 4.69) is 16.6 Å². The molecule has 0 spiro atoms. The Morgan fingerprint density at radius 2 is 1.70 bits per heavy atom. The SMILES string of the molecule is Cc1cccc(CN(C(=O)CC(C)c2ccccc2)c2ccc3c(c2)C(NS(=O)(=O)c2ccccc2)CCC3)n1. The van der Waals surface area contributed by atoms with E-state index >= 15 is 0 Å². The molecule has 0 fully saturated rings. The average Bonchev–Trinajstić information content (AvgIpc) is 2.96. The maximum atomic E-state index is 13.9. The van der Waals surface area contributed by atoms with Gasteiger partial charge in [-0.05, 0) is 85.2 Å². The first-order valence-electron chi connectivity index (χ1n) is 13.8. The van der Waals surface area contributed by atoms with Crippen LogP contribution in [0.25, 0.3) is 0 Å². The van der Waals surface area contributed by atoms with Gasteiger partial charge in [0.1, 0.15) is 0 Å². The summed E-state index contributed by atoms with van der Waals surface area (Å²) in [5, 5.41) is 0. The molecule has 206 valence electrons. The number of amides is 1. The summed E-state index contributed by atoms with van der Waals surface area (Å²) in [5.74, 6) is 0.0431. The summed E-state index contributed by atoms with van der Waals surface area (Å²) in [6.07, 6.45) is 2.80. The van der Waals surface area contributed by atoms with Gasteiger partial charge in [0.05, 0.1) is 17.1 Å². The number of carbonyl (C=O) groups excluding carboxylic acids is 1. The highest BCUT2D eigenvalue weighted by Gasteiger charge is 2.28. The van der Waals surface area contributed by atoms with Gasteiger partial charge in [0.25, 0.3) is 0 Å². The van der Waals surface area contributed by atoms with Crippen molar-refractivity contribution in [3.05, 3.63) is 125 Å². The minimum absolute atomic E-state index is 0.00293. The number of benzene rings is 3. The molecule has 1 heterocycles. The van der Waals surface area contributed by atoms with E-state index in [-0.39, 0.29) is 22.8 Å². The molecular formula is C33H35N3O3S. The molecule has 5 rings (SSSR count).